The van der Waals surface area contributed by atoms with Gasteiger partial charge in [-0.2, -0.15) is 0 Å². The van der Waals surface area contributed by atoms with Crippen LogP contribution in [0.25, 0.3) is 10.9 Å². The van der Waals surface area contributed by atoms with Gasteiger partial charge in [-0.15, -0.1) is 0 Å². The molecule has 0 unspecified atom stereocenters. The van der Waals surface area contributed by atoms with Gasteiger partial charge in [-0.05, 0) is 28.7 Å². The van der Waals surface area contributed by atoms with Gasteiger partial charge < -0.3 is 9.97 Å². The fourth-order valence-electron chi connectivity index (χ4n) is 1.03. The van der Waals surface area contributed by atoms with Gasteiger partial charge in [0.25, 0.3) is 5.56 Å². The highest BCUT2D eigenvalue weighted by Crippen LogP contribution is 2.15. The first-order chi connectivity index (χ1) is 5.29. The number of hydrogen-bond donors (Lipinski definition) is 2. The molecular weight excluding hydrogens is 255 g/mol. The first-order valence-electron chi connectivity index (χ1n) is 3.13. The molecule has 2 N–H and O–H groups in total. The minimum atomic E-state index is -0.0644. The molecular formula is C7H5IN2O. The zero-order chi connectivity index (χ0) is 7.84. The van der Waals surface area contributed by atoms with Crippen molar-refractivity contribution < 1.29 is 0 Å². The normalized spacial score (nSPS) is 10.6. The second-order valence-electron chi connectivity index (χ2n) is 2.23. The molecule has 0 fully saturated rings. The maximum Gasteiger partial charge on any atom is 0.272 e. The van der Waals surface area contributed by atoms with Gasteiger partial charge in [0.1, 0.15) is 5.52 Å². The van der Waals surface area contributed by atoms with Crippen LogP contribution in [0.15, 0.2) is 23.3 Å². The molecule has 0 aliphatic heterocycles. The Bertz CT molecular complexity index is 443. The van der Waals surface area contributed by atoms with E-state index in [-0.39, 0.29) is 5.56 Å². The number of fused-ring (bicyclic) bond motifs is 1. The van der Waals surface area contributed by atoms with Crippen LogP contribution in [0.3, 0.4) is 0 Å². The topological polar surface area (TPSA) is 48.6 Å². The van der Waals surface area contributed by atoms with E-state index in [4.69, 9.17) is 0 Å². The van der Waals surface area contributed by atoms with E-state index in [1.165, 1.54) is 0 Å². The lowest BCUT2D eigenvalue weighted by molar-refractivity contribution is 1.26. The number of rotatable bonds is 0. The number of hydrogen-bond acceptors (Lipinski definition) is 1. The van der Waals surface area contributed by atoms with E-state index in [1.807, 2.05) is 12.3 Å². The first-order valence-corrected chi connectivity index (χ1v) is 4.21. The summed E-state index contributed by atoms with van der Waals surface area (Å²) in [4.78, 5) is 16.6. The predicted molar refractivity (Wildman–Crippen MR) is 51.6 cm³/mol. The lowest BCUT2D eigenvalue weighted by atomic mass is 10.3. The Morgan fingerprint density at radius 2 is 2.18 bits per heavy atom. The Morgan fingerprint density at radius 3 is 2.91 bits per heavy atom. The van der Waals surface area contributed by atoms with Crippen LogP contribution in [0.2, 0.25) is 0 Å². The second-order valence-corrected chi connectivity index (χ2v) is 3.39. The van der Waals surface area contributed by atoms with E-state index in [9.17, 15) is 4.79 Å². The van der Waals surface area contributed by atoms with E-state index in [0.29, 0.717) is 5.52 Å². The van der Waals surface area contributed by atoms with Crippen molar-refractivity contribution in [3.63, 3.8) is 0 Å². The lowest BCUT2D eigenvalue weighted by Gasteiger charge is -1.86. The molecule has 0 bridgehead atoms. The fraction of sp³-hybridized carbons (Fsp3) is 0. The molecule has 3 nitrogen and oxygen atoms in total. The number of H-pyrrole nitrogens is 2. The van der Waals surface area contributed by atoms with Gasteiger partial charge in [0.05, 0.1) is 0 Å². The Kier molecular flexibility index (Phi) is 1.49. The molecule has 0 aromatic carbocycles. The van der Waals surface area contributed by atoms with Crippen LogP contribution in [-0.2, 0) is 0 Å². The molecule has 2 aromatic rings. The molecule has 0 atom stereocenters. The van der Waals surface area contributed by atoms with E-state index in [1.54, 1.807) is 6.20 Å². The molecule has 0 amide bonds. The standard InChI is InChI=1S/C7H5IN2O/c8-5-3-10-6-4(5)1-2-9-7(6)11/h1-3,10H,(H,9,11). The van der Waals surface area contributed by atoms with E-state index < -0.39 is 0 Å². The van der Waals surface area contributed by atoms with Crippen LogP contribution in [-0.4, -0.2) is 9.97 Å². The summed E-state index contributed by atoms with van der Waals surface area (Å²) < 4.78 is 1.07. The van der Waals surface area contributed by atoms with Crippen molar-refractivity contribution >= 4 is 33.5 Å². The van der Waals surface area contributed by atoms with Gasteiger partial charge in [0, 0.05) is 21.4 Å². The quantitative estimate of drug-likeness (QED) is 0.692. The molecule has 11 heavy (non-hydrogen) atoms. The highest BCUT2D eigenvalue weighted by molar-refractivity contribution is 14.1. The molecule has 2 heterocycles. The van der Waals surface area contributed by atoms with Gasteiger partial charge in [-0.25, -0.2) is 0 Å². The molecule has 2 rings (SSSR count). The molecule has 0 saturated heterocycles. The van der Waals surface area contributed by atoms with Crippen LogP contribution in [0, 0.1) is 3.57 Å². The van der Waals surface area contributed by atoms with Crippen molar-refractivity contribution in [2.75, 3.05) is 0 Å². The fourth-order valence-corrected chi connectivity index (χ4v) is 1.64. The molecule has 0 radical (unpaired) electrons. The lowest BCUT2D eigenvalue weighted by Crippen LogP contribution is -2.03. The van der Waals surface area contributed by atoms with Crippen molar-refractivity contribution in [3.05, 3.63) is 32.4 Å². The third-order valence-corrected chi connectivity index (χ3v) is 2.45. The summed E-state index contributed by atoms with van der Waals surface area (Å²) >= 11 is 2.19. The zero-order valence-corrected chi connectivity index (χ0v) is 7.68. The molecule has 0 saturated carbocycles. The average Bonchev–Trinajstić information content (AvgIpc) is 2.35. The third kappa shape index (κ3) is 0.973. The Labute approximate surface area is 76.0 Å². The van der Waals surface area contributed by atoms with Crippen molar-refractivity contribution in [1.82, 2.24) is 9.97 Å². The van der Waals surface area contributed by atoms with Gasteiger partial charge >= 0.3 is 0 Å². The van der Waals surface area contributed by atoms with Crippen LogP contribution in [0.4, 0.5) is 0 Å². The Balaban J connectivity index is 3.06. The number of halogens is 1. The summed E-state index contributed by atoms with van der Waals surface area (Å²) in [5.41, 5.74) is 0.585. The van der Waals surface area contributed by atoms with E-state index in [0.717, 1.165) is 8.96 Å². The Morgan fingerprint density at radius 1 is 1.36 bits per heavy atom. The maximum absolute atomic E-state index is 11.1. The molecule has 56 valence electrons. The average molecular weight is 260 g/mol. The summed E-state index contributed by atoms with van der Waals surface area (Å²) in [5.74, 6) is 0. The van der Waals surface area contributed by atoms with E-state index >= 15 is 0 Å². The van der Waals surface area contributed by atoms with Gasteiger partial charge in [0.2, 0.25) is 0 Å². The SMILES string of the molecule is O=c1[nH]ccc2c(I)c[nH]c12. The second kappa shape index (κ2) is 2.37. The summed E-state index contributed by atoms with van der Waals surface area (Å²) in [6.07, 6.45) is 3.47. The van der Waals surface area contributed by atoms with Crippen molar-refractivity contribution in [1.29, 1.82) is 0 Å². The third-order valence-electron chi connectivity index (χ3n) is 1.56. The highest BCUT2D eigenvalue weighted by atomic mass is 127. The monoisotopic (exact) mass is 260 g/mol. The smallest absolute Gasteiger partial charge is 0.272 e. The minimum absolute atomic E-state index is 0.0644. The predicted octanol–water partition coefficient (Wildman–Crippen LogP) is 1.46. The van der Waals surface area contributed by atoms with Crippen molar-refractivity contribution in [3.8, 4) is 0 Å². The van der Waals surface area contributed by atoms with E-state index in [2.05, 4.69) is 32.6 Å². The van der Waals surface area contributed by atoms with Gasteiger partial charge in [-0.3, -0.25) is 4.79 Å². The van der Waals surface area contributed by atoms with Crippen molar-refractivity contribution in [2.24, 2.45) is 0 Å². The van der Waals surface area contributed by atoms with Gasteiger partial charge in [0.15, 0.2) is 0 Å². The summed E-state index contributed by atoms with van der Waals surface area (Å²) in [6.45, 7) is 0. The van der Waals surface area contributed by atoms with Crippen molar-refractivity contribution in [2.45, 2.75) is 0 Å². The largest absolute Gasteiger partial charge is 0.356 e. The number of nitrogens with one attached hydrogen (secondary N) is 2. The Hall–Kier alpha value is -0.780. The summed E-state index contributed by atoms with van der Waals surface area (Å²) in [6, 6.07) is 1.88. The van der Waals surface area contributed by atoms with Crippen LogP contribution < -0.4 is 5.56 Å². The molecule has 2 aromatic heterocycles. The maximum atomic E-state index is 11.1. The number of pyridine rings is 1. The summed E-state index contributed by atoms with van der Waals surface area (Å²) in [7, 11) is 0. The van der Waals surface area contributed by atoms with Crippen LogP contribution in [0.5, 0.6) is 0 Å². The highest BCUT2D eigenvalue weighted by Gasteiger charge is 2.01. The molecule has 0 aliphatic rings. The zero-order valence-electron chi connectivity index (χ0n) is 5.52. The van der Waals surface area contributed by atoms with Crippen LogP contribution in [0.1, 0.15) is 0 Å². The molecule has 0 aliphatic carbocycles. The van der Waals surface area contributed by atoms with Gasteiger partial charge in [-0.1, -0.05) is 0 Å². The summed E-state index contributed by atoms with van der Waals surface area (Å²) in [5, 5.41) is 0.981. The minimum Gasteiger partial charge on any atom is -0.356 e. The molecule has 0 spiro atoms. The molecule has 4 heteroatoms. The number of aromatic amines is 2. The number of aromatic nitrogens is 2. The first kappa shape index (κ1) is 6.90. The van der Waals surface area contributed by atoms with Crippen LogP contribution >= 0.6 is 22.6 Å².